The zero-order chi connectivity index (χ0) is 30.9. The third-order valence-corrected chi connectivity index (χ3v) is 8.47. The molecule has 3 amide bonds. The number of carbonyl (C=O) groups is 3. The zero-order valence-electron chi connectivity index (χ0n) is 24.0. The SMILES string of the molecule is CC(=O)N1CCn2c(ccc2C(=O)N[C@H](C(=O)Nc2ccc(-c3c(C(F)(F)F)cc[n+]([O-])c3C)cc2)C2CCCCC2)C1. The Morgan fingerprint density at radius 1 is 1.00 bits per heavy atom. The van der Waals surface area contributed by atoms with E-state index in [4.69, 9.17) is 0 Å². The first-order chi connectivity index (χ1) is 20.4. The van der Waals surface area contributed by atoms with Gasteiger partial charge in [0.25, 0.3) is 5.91 Å². The molecule has 0 spiro atoms. The van der Waals surface area contributed by atoms with Crippen LogP contribution >= 0.6 is 0 Å². The van der Waals surface area contributed by atoms with Crippen LogP contribution in [0.4, 0.5) is 18.9 Å². The highest BCUT2D eigenvalue weighted by atomic mass is 19.4. The monoisotopic (exact) mass is 597 g/mol. The molecule has 1 aliphatic carbocycles. The number of amides is 3. The highest BCUT2D eigenvalue weighted by molar-refractivity contribution is 6.01. The molecule has 0 radical (unpaired) electrons. The summed E-state index contributed by atoms with van der Waals surface area (Å²) in [5.74, 6) is -0.900. The molecular weight excluding hydrogens is 563 g/mol. The van der Waals surface area contributed by atoms with Gasteiger partial charge in [-0.15, -0.1) is 0 Å². The second kappa shape index (κ2) is 12.1. The van der Waals surface area contributed by atoms with Crippen molar-refractivity contribution in [2.24, 2.45) is 5.92 Å². The molecule has 2 N–H and O–H groups in total. The molecule has 1 aliphatic heterocycles. The molecule has 3 aromatic rings. The van der Waals surface area contributed by atoms with E-state index in [1.807, 2.05) is 10.6 Å². The number of halogens is 3. The lowest BCUT2D eigenvalue weighted by molar-refractivity contribution is -0.611. The van der Waals surface area contributed by atoms with E-state index in [2.05, 4.69) is 10.6 Å². The molecule has 1 aromatic carbocycles. The van der Waals surface area contributed by atoms with Crippen LogP contribution in [0.5, 0.6) is 0 Å². The Hall–Kier alpha value is -4.35. The molecular formula is C31H34F3N5O4. The Kier molecular flexibility index (Phi) is 8.48. The van der Waals surface area contributed by atoms with Gasteiger partial charge in [0, 0.05) is 44.4 Å². The third kappa shape index (κ3) is 6.37. The van der Waals surface area contributed by atoms with Crippen LogP contribution < -0.4 is 15.4 Å². The molecule has 3 heterocycles. The molecule has 9 nitrogen and oxygen atoms in total. The molecule has 0 saturated heterocycles. The number of alkyl halides is 3. The Balaban J connectivity index is 1.35. The minimum Gasteiger partial charge on any atom is -0.618 e. The Morgan fingerprint density at radius 2 is 1.70 bits per heavy atom. The number of hydrogen-bond donors (Lipinski definition) is 2. The minimum atomic E-state index is -4.65. The zero-order valence-corrected chi connectivity index (χ0v) is 24.0. The maximum atomic E-state index is 13.7. The fourth-order valence-electron chi connectivity index (χ4n) is 6.14. The highest BCUT2D eigenvalue weighted by Crippen LogP contribution is 2.38. The van der Waals surface area contributed by atoms with Crippen LogP contribution in [-0.4, -0.2) is 39.8 Å². The van der Waals surface area contributed by atoms with Crippen LogP contribution in [0.1, 0.15) is 66.5 Å². The van der Waals surface area contributed by atoms with Crippen molar-refractivity contribution in [3.63, 3.8) is 0 Å². The highest BCUT2D eigenvalue weighted by Gasteiger charge is 2.37. The van der Waals surface area contributed by atoms with Crippen molar-refractivity contribution >= 4 is 23.4 Å². The van der Waals surface area contributed by atoms with E-state index in [0.29, 0.717) is 35.7 Å². The Bertz CT molecular complexity index is 1530. The number of hydrogen-bond acceptors (Lipinski definition) is 4. The number of pyridine rings is 1. The van der Waals surface area contributed by atoms with Gasteiger partial charge in [0.05, 0.1) is 17.7 Å². The summed E-state index contributed by atoms with van der Waals surface area (Å²) in [6, 6.07) is 9.28. The molecule has 228 valence electrons. The molecule has 5 rings (SSSR count). The Morgan fingerprint density at radius 3 is 2.35 bits per heavy atom. The van der Waals surface area contributed by atoms with Gasteiger partial charge < -0.3 is 25.3 Å². The minimum absolute atomic E-state index is 0.0331. The largest absolute Gasteiger partial charge is 0.618 e. The molecule has 2 aromatic heterocycles. The lowest BCUT2D eigenvalue weighted by atomic mass is 9.83. The summed E-state index contributed by atoms with van der Waals surface area (Å²) in [4.78, 5) is 40.6. The molecule has 0 unspecified atom stereocenters. The number of nitrogens with zero attached hydrogens (tertiary/aromatic N) is 3. The van der Waals surface area contributed by atoms with Crippen molar-refractivity contribution in [2.45, 2.75) is 71.3 Å². The quantitative estimate of drug-likeness (QED) is 0.314. The van der Waals surface area contributed by atoms with Crippen LogP contribution in [0.2, 0.25) is 0 Å². The molecule has 1 saturated carbocycles. The van der Waals surface area contributed by atoms with Crippen molar-refractivity contribution < 1.29 is 32.3 Å². The molecule has 2 aliphatic rings. The number of nitrogens with one attached hydrogen (secondary N) is 2. The fraction of sp³-hybridized carbons (Fsp3) is 0.419. The van der Waals surface area contributed by atoms with E-state index in [-0.39, 0.29) is 34.6 Å². The number of carbonyl (C=O) groups excluding carboxylic acids is 3. The lowest BCUT2D eigenvalue weighted by Crippen LogP contribution is -2.49. The third-order valence-electron chi connectivity index (χ3n) is 8.47. The summed E-state index contributed by atoms with van der Waals surface area (Å²) in [5.41, 5.74) is 0.568. The molecule has 43 heavy (non-hydrogen) atoms. The summed E-state index contributed by atoms with van der Waals surface area (Å²) in [5, 5.41) is 17.8. The van der Waals surface area contributed by atoms with Gasteiger partial charge in [0.2, 0.25) is 11.8 Å². The smallest absolute Gasteiger partial charge is 0.417 e. The van der Waals surface area contributed by atoms with Crippen LogP contribution in [-0.2, 0) is 28.9 Å². The van der Waals surface area contributed by atoms with E-state index >= 15 is 0 Å². The number of fused-ring (bicyclic) bond motifs is 1. The summed E-state index contributed by atoms with van der Waals surface area (Å²) in [6.45, 7) is 4.21. The average Bonchev–Trinajstić information content (AvgIpc) is 3.41. The predicted octanol–water partition coefficient (Wildman–Crippen LogP) is 4.80. The van der Waals surface area contributed by atoms with E-state index in [1.54, 1.807) is 11.0 Å². The maximum Gasteiger partial charge on any atom is 0.417 e. The normalized spacial score (nSPS) is 16.3. The summed E-state index contributed by atoms with van der Waals surface area (Å²) in [6.07, 6.45) is 0.677. The van der Waals surface area contributed by atoms with E-state index in [0.717, 1.165) is 50.1 Å². The first-order valence-electron chi connectivity index (χ1n) is 14.4. The first-order valence-corrected chi connectivity index (χ1v) is 14.4. The van der Waals surface area contributed by atoms with Crippen molar-refractivity contribution in [1.82, 2.24) is 14.8 Å². The van der Waals surface area contributed by atoms with E-state index in [1.165, 1.54) is 38.1 Å². The van der Waals surface area contributed by atoms with Crippen molar-refractivity contribution in [2.75, 3.05) is 11.9 Å². The molecule has 0 bridgehead atoms. The van der Waals surface area contributed by atoms with Crippen molar-refractivity contribution in [1.29, 1.82) is 0 Å². The first kappa shape index (κ1) is 30.1. The average molecular weight is 598 g/mol. The van der Waals surface area contributed by atoms with Crippen LogP contribution in [0, 0.1) is 18.0 Å². The number of benzene rings is 1. The van der Waals surface area contributed by atoms with Crippen LogP contribution in [0.15, 0.2) is 48.7 Å². The fourth-order valence-corrected chi connectivity index (χ4v) is 6.14. The molecule has 12 heteroatoms. The van der Waals surface area contributed by atoms with E-state index < -0.39 is 23.7 Å². The van der Waals surface area contributed by atoms with Crippen LogP contribution in [0.3, 0.4) is 0 Å². The standard InChI is InChI=1S/C31H34F3N5O4/c1-19-27(25(31(32,33)34)14-15-39(19)43)21-8-10-23(11-9-21)35-30(42)28(22-6-4-3-5-7-22)36-29(41)26-13-12-24-18-37(20(2)40)16-17-38(24)26/h8-15,22,28H,3-7,16-18H2,1-2H3,(H,35,42)(H,36,41)/t28-/m0/s1. The molecule has 1 fully saturated rings. The van der Waals surface area contributed by atoms with Gasteiger partial charge in [0.1, 0.15) is 11.7 Å². The van der Waals surface area contributed by atoms with E-state index in [9.17, 15) is 32.8 Å². The summed E-state index contributed by atoms with van der Waals surface area (Å²) >= 11 is 0. The number of rotatable bonds is 6. The Labute approximate surface area is 247 Å². The van der Waals surface area contributed by atoms with Crippen molar-refractivity contribution in [3.05, 3.63) is 76.5 Å². The van der Waals surface area contributed by atoms with Gasteiger partial charge in [-0.3, -0.25) is 14.4 Å². The van der Waals surface area contributed by atoms with Gasteiger partial charge in [0.15, 0.2) is 11.9 Å². The van der Waals surface area contributed by atoms with Gasteiger partial charge in [-0.2, -0.15) is 17.9 Å². The second-order valence-corrected chi connectivity index (χ2v) is 11.2. The molecule has 1 atom stereocenters. The summed E-state index contributed by atoms with van der Waals surface area (Å²) in [7, 11) is 0. The topological polar surface area (TPSA) is 110 Å². The second-order valence-electron chi connectivity index (χ2n) is 11.2. The summed E-state index contributed by atoms with van der Waals surface area (Å²) < 4.78 is 43.3. The number of aromatic nitrogens is 2. The predicted molar refractivity (Wildman–Crippen MR) is 153 cm³/mol. The van der Waals surface area contributed by atoms with Crippen LogP contribution in [0.25, 0.3) is 11.1 Å². The maximum absolute atomic E-state index is 13.7. The van der Waals surface area contributed by atoms with Gasteiger partial charge >= 0.3 is 6.18 Å². The lowest BCUT2D eigenvalue weighted by Gasteiger charge is -2.31. The van der Waals surface area contributed by atoms with Gasteiger partial charge in [-0.05, 0) is 48.6 Å². The van der Waals surface area contributed by atoms with Crippen molar-refractivity contribution in [3.8, 4) is 11.1 Å². The number of anilines is 1. The van der Waals surface area contributed by atoms with Gasteiger partial charge in [-0.1, -0.05) is 31.4 Å². The van der Waals surface area contributed by atoms with Gasteiger partial charge in [-0.25, -0.2) is 0 Å².